The first-order valence-corrected chi connectivity index (χ1v) is 8.14. The highest BCUT2D eigenvalue weighted by Gasteiger charge is 2.15. The normalized spacial score (nSPS) is 9.68. The molecule has 0 spiro atoms. The second kappa shape index (κ2) is 10.5. The summed E-state index contributed by atoms with van der Waals surface area (Å²) in [5, 5.41) is 19.8. The molecule has 28 heavy (non-hydrogen) atoms. The van der Waals surface area contributed by atoms with Crippen LogP contribution in [0, 0.1) is 5.82 Å². The highest BCUT2D eigenvalue weighted by molar-refractivity contribution is 6.31. The Balaban J connectivity index is 0.000000568. The van der Waals surface area contributed by atoms with Gasteiger partial charge in [0.1, 0.15) is 17.5 Å². The van der Waals surface area contributed by atoms with Crippen molar-refractivity contribution in [1.29, 1.82) is 0 Å². The molecule has 1 aromatic carbocycles. The zero-order chi connectivity index (χ0) is 21.3. The van der Waals surface area contributed by atoms with Gasteiger partial charge in [0.05, 0.1) is 5.69 Å². The highest BCUT2D eigenvalue weighted by Crippen LogP contribution is 2.23. The summed E-state index contributed by atoms with van der Waals surface area (Å²) >= 11 is 0. The number of aromatic nitrogens is 1. The third-order valence-electron chi connectivity index (χ3n) is 3.43. The SMILES string of the molecule is CC(=O)C(=O)O.CCN(C(=O)O)c1ccc(NCc2ccc(F)cc2)nc1N. The van der Waals surface area contributed by atoms with Crippen LogP contribution in [0.15, 0.2) is 36.4 Å². The van der Waals surface area contributed by atoms with E-state index < -0.39 is 17.8 Å². The van der Waals surface area contributed by atoms with Gasteiger partial charge in [-0.05, 0) is 36.8 Å². The van der Waals surface area contributed by atoms with Gasteiger partial charge in [-0.2, -0.15) is 0 Å². The van der Waals surface area contributed by atoms with Gasteiger partial charge in [0.25, 0.3) is 0 Å². The Morgan fingerprint density at radius 2 is 1.71 bits per heavy atom. The molecule has 0 saturated heterocycles. The van der Waals surface area contributed by atoms with Crippen LogP contribution in [-0.2, 0) is 16.1 Å². The molecule has 9 nitrogen and oxygen atoms in total. The molecule has 0 aliphatic heterocycles. The number of nitrogens with two attached hydrogens (primary N) is 1. The number of nitrogen functional groups attached to an aromatic ring is 1. The number of nitrogens with zero attached hydrogens (tertiary/aromatic N) is 2. The monoisotopic (exact) mass is 392 g/mol. The molecule has 0 fully saturated rings. The van der Waals surface area contributed by atoms with Gasteiger partial charge in [-0.1, -0.05) is 12.1 Å². The van der Waals surface area contributed by atoms with Gasteiger partial charge in [-0.3, -0.25) is 9.69 Å². The third-order valence-corrected chi connectivity index (χ3v) is 3.43. The number of carboxylic acids is 1. The van der Waals surface area contributed by atoms with Gasteiger partial charge in [0.15, 0.2) is 0 Å². The van der Waals surface area contributed by atoms with Crippen molar-refractivity contribution in [3.8, 4) is 0 Å². The average Bonchev–Trinajstić information content (AvgIpc) is 2.63. The lowest BCUT2D eigenvalue weighted by Gasteiger charge is -2.19. The summed E-state index contributed by atoms with van der Waals surface area (Å²) < 4.78 is 12.8. The van der Waals surface area contributed by atoms with Crippen LogP contribution >= 0.6 is 0 Å². The van der Waals surface area contributed by atoms with Crippen molar-refractivity contribution in [1.82, 2.24) is 4.98 Å². The number of halogens is 1. The molecule has 0 radical (unpaired) electrons. The van der Waals surface area contributed by atoms with Crippen molar-refractivity contribution < 1.29 is 29.0 Å². The minimum Gasteiger partial charge on any atom is -0.476 e. The number of carboxylic acid groups (broad SMARTS) is 2. The summed E-state index contributed by atoms with van der Waals surface area (Å²) in [5.41, 5.74) is 7.06. The summed E-state index contributed by atoms with van der Waals surface area (Å²) in [6, 6.07) is 9.36. The number of carbonyl (C=O) groups excluding carboxylic acids is 1. The van der Waals surface area contributed by atoms with E-state index in [2.05, 4.69) is 10.3 Å². The van der Waals surface area contributed by atoms with Gasteiger partial charge in [0, 0.05) is 20.0 Å². The standard InChI is InChI=1S/C15H17FN4O2.C3H4O3/c1-2-20(15(21)22)12-7-8-13(19-14(12)17)18-9-10-3-5-11(16)6-4-10;1-2(4)3(5)6/h3-8H,2,9H2,1H3,(H,21,22)(H3,17,18,19);1H3,(H,5,6). The number of hydrogen-bond donors (Lipinski definition) is 4. The molecule has 1 heterocycles. The van der Waals surface area contributed by atoms with Crippen molar-refractivity contribution in [3.05, 3.63) is 47.8 Å². The number of rotatable bonds is 6. The fourth-order valence-electron chi connectivity index (χ4n) is 2.00. The number of Topliss-reactive ketones (excluding diaryl/α,β-unsaturated/α-hetero) is 1. The lowest BCUT2D eigenvalue weighted by atomic mass is 10.2. The molecule has 0 bridgehead atoms. The number of benzene rings is 1. The topological polar surface area (TPSA) is 146 Å². The van der Waals surface area contributed by atoms with Gasteiger partial charge in [0.2, 0.25) is 5.78 Å². The molecule has 5 N–H and O–H groups in total. The zero-order valence-corrected chi connectivity index (χ0v) is 15.3. The van der Waals surface area contributed by atoms with Gasteiger partial charge < -0.3 is 21.3 Å². The summed E-state index contributed by atoms with van der Waals surface area (Å²) in [4.78, 5) is 35.3. The molecule has 0 unspecified atom stereocenters. The van der Waals surface area contributed by atoms with Gasteiger partial charge in [-0.15, -0.1) is 0 Å². The van der Waals surface area contributed by atoms with Crippen molar-refractivity contribution in [2.24, 2.45) is 0 Å². The molecule has 1 aromatic heterocycles. The Morgan fingerprint density at radius 1 is 1.14 bits per heavy atom. The molecule has 150 valence electrons. The van der Waals surface area contributed by atoms with Crippen LogP contribution in [0.1, 0.15) is 19.4 Å². The maximum Gasteiger partial charge on any atom is 0.411 e. The van der Waals surface area contributed by atoms with E-state index in [0.717, 1.165) is 17.4 Å². The molecule has 1 amide bonds. The number of carbonyl (C=O) groups is 3. The maximum atomic E-state index is 12.8. The van der Waals surface area contributed by atoms with E-state index in [-0.39, 0.29) is 18.2 Å². The Kier molecular flexibility index (Phi) is 8.35. The van der Waals surface area contributed by atoms with Gasteiger partial charge in [-0.25, -0.2) is 19.0 Å². The van der Waals surface area contributed by atoms with Crippen molar-refractivity contribution in [2.45, 2.75) is 20.4 Å². The van der Waals surface area contributed by atoms with E-state index in [4.69, 9.17) is 15.9 Å². The van der Waals surface area contributed by atoms with Crippen LogP contribution in [0.5, 0.6) is 0 Å². The van der Waals surface area contributed by atoms with Gasteiger partial charge >= 0.3 is 12.1 Å². The molecule has 0 atom stereocenters. The first-order valence-electron chi connectivity index (χ1n) is 8.14. The molecule has 0 aliphatic carbocycles. The van der Waals surface area contributed by atoms with Crippen LogP contribution in [0.2, 0.25) is 0 Å². The maximum absolute atomic E-state index is 12.8. The molecule has 10 heteroatoms. The lowest BCUT2D eigenvalue weighted by Crippen LogP contribution is -2.29. The Morgan fingerprint density at radius 3 is 2.14 bits per heavy atom. The molecule has 0 aliphatic rings. The number of anilines is 3. The predicted molar refractivity (Wildman–Crippen MR) is 102 cm³/mol. The summed E-state index contributed by atoms with van der Waals surface area (Å²) in [6.45, 7) is 3.46. The number of nitrogens with one attached hydrogen (secondary N) is 1. The largest absolute Gasteiger partial charge is 0.476 e. The van der Waals surface area contributed by atoms with E-state index in [1.165, 1.54) is 12.1 Å². The zero-order valence-electron chi connectivity index (χ0n) is 15.3. The molecule has 2 rings (SSSR count). The second-order valence-corrected chi connectivity index (χ2v) is 5.47. The van der Waals surface area contributed by atoms with Crippen LogP contribution in [0.3, 0.4) is 0 Å². The second-order valence-electron chi connectivity index (χ2n) is 5.47. The lowest BCUT2D eigenvalue weighted by molar-refractivity contribution is -0.148. The van der Waals surface area contributed by atoms with Crippen LogP contribution in [0.4, 0.5) is 26.5 Å². The number of aliphatic carboxylic acids is 1. The van der Waals surface area contributed by atoms with E-state index in [1.807, 2.05) is 0 Å². The Hall–Kier alpha value is -3.69. The number of hydrogen-bond acceptors (Lipinski definition) is 6. The smallest absolute Gasteiger partial charge is 0.411 e. The predicted octanol–water partition coefficient (Wildman–Crippen LogP) is 2.58. The van der Waals surface area contributed by atoms with Crippen molar-refractivity contribution in [2.75, 3.05) is 22.5 Å². The van der Waals surface area contributed by atoms with Crippen molar-refractivity contribution >= 4 is 35.2 Å². The summed E-state index contributed by atoms with van der Waals surface area (Å²) in [5.74, 6) is -1.84. The van der Waals surface area contributed by atoms with E-state index in [1.54, 1.807) is 31.2 Å². The Labute approximate surface area is 160 Å². The van der Waals surface area contributed by atoms with Crippen LogP contribution in [-0.4, -0.2) is 39.6 Å². The minimum atomic E-state index is -1.38. The quantitative estimate of drug-likeness (QED) is 0.549. The minimum absolute atomic E-state index is 0.133. The summed E-state index contributed by atoms with van der Waals surface area (Å²) in [6.07, 6.45) is -1.08. The summed E-state index contributed by atoms with van der Waals surface area (Å²) in [7, 11) is 0. The van der Waals surface area contributed by atoms with Crippen LogP contribution < -0.4 is 16.0 Å². The highest BCUT2D eigenvalue weighted by atomic mass is 19.1. The molecular weight excluding hydrogens is 371 g/mol. The number of pyridine rings is 1. The van der Waals surface area contributed by atoms with E-state index in [0.29, 0.717) is 18.1 Å². The van der Waals surface area contributed by atoms with Crippen LogP contribution in [0.25, 0.3) is 0 Å². The molecule has 2 aromatic rings. The number of amides is 1. The third kappa shape index (κ3) is 6.90. The molecule has 0 saturated carbocycles. The first kappa shape index (κ1) is 22.4. The fraction of sp³-hybridized carbons (Fsp3) is 0.222. The van der Waals surface area contributed by atoms with Crippen molar-refractivity contribution in [3.63, 3.8) is 0 Å². The van der Waals surface area contributed by atoms with E-state index >= 15 is 0 Å². The first-order chi connectivity index (χ1) is 13.1. The number of ketones is 1. The van der Waals surface area contributed by atoms with E-state index in [9.17, 15) is 18.8 Å². The fourth-order valence-corrected chi connectivity index (χ4v) is 2.00. The molecular formula is C18H21FN4O5. The Bertz CT molecular complexity index is 830. The average molecular weight is 392 g/mol.